The number of halogens is 2. The van der Waals surface area contributed by atoms with E-state index in [-0.39, 0.29) is 29.3 Å². The van der Waals surface area contributed by atoms with E-state index in [0.717, 1.165) is 6.07 Å². The molecule has 0 heterocycles. The smallest absolute Gasteiger partial charge is 0.387 e. The van der Waals surface area contributed by atoms with E-state index in [1.807, 2.05) is 0 Å². The summed E-state index contributed by atoms with van der Waals surface area (Å²) in [7, 11) is 0. The highest BCUT2D eigenvalue weighted by Gasteiger charge is 2.11. The van der Waals surface area contributed by atoms with Gasteiger partial charge in [-0.3, -0.25) is 4.79 Å². The van der Waals surface area contributed by atoms with Crippen molar-refractivity contribution in [2.24, 2.45) is 0 Å². The van der Waals surface area contributed by atoms with Crippen molar-refractivity contribution in [1.29, 1.82) is 0 Å². The molecule has 0 fully saturated rings. The first-order valence-electron chi connectivity index (χ1n) is 4.35. The van der Waals surface area contributed by atoms with Gasteiger partial charge in [0.25, 0.3) is 0 Å². The number of Topliss-reactive ketones (excluding diaryl/α,β-unsaturated/α-hetero) is 1. The molecule has 0 aliphatic heterocycles. The van der Waals surface area contributed by atoms with Crippen LogP contribution >= 0.6 is 0 Å². The summed E-state index contributed by atoms with van der Waals surface area (Å²) in [5, 5.41) is 9.36. The molecule has 0 bridgehead atoms. The lowest BCUT2D eigenvalue weighted by Gasteiger charge is -2.06. The molecule has 0 amide bonds. The predicted octanol–water partition coefficient (Wildman–Crippen LogP) is 2.59. The van der Waals surface area contributed by atoms with E-state index in [2.05, 4.69) is 4.74 Å². The number of phenolic OH excluding ortho intramolecular Hbond substituents is 1. The van der Waals surface area contributed by atoms with Crippen molar-refractivity contribution in [3.63, 3.8) is 0 Å². The fraction of sp³-hybridized carbons (Fsp3) is 0.300. The summed E-state index contributed by atoms with van der Waals surface area (Å²) in [5.74, 6) is -0.772. The summed E-state index contributed by atoms with van der Waals surface area (Å²) in [5.41, 5.74) is 0.110. The Labute approximate surface area is 85.3 Å². The maximum atomic E-state index is 11.8. The molecule has 1 aromatic carbocycles. The lowest BCUT2D eigenvalue weighted by molar-refractivity contribution is -0.0499. The Morgan fingerprint density at radius 2 is 2.20 bits per heavy atom. The van der Waals surface area contributed by atoms with Gasteiger partial charge in [-0.05, 0) is 12.1 Å². The second-order valence-electron chi connectivity index (χ2n) is 2.83. The monoisotopic (exact) mass is 216 g/mol. The molecule has 0 spiro atoms. The van der Waals surface area contributed by atoms with E-state index in [4.69, 9.17) is 0 Å². The average Bonchev–Trinajstić information content (AvgIpc) is 2.16. The summed E-state index contributed by atoms with van der Waals surface area (Å²) in [6.07, 6.45) is 0.239. The number of phenols is 1. The molecule has 15 heavy (non-hydrogen) atoms. The number of rotatable bonds is 4. The first-order chi connectivity index (χ1) is 7.04. The number of aromatic hydroxyl groups is 1. The number of hydrogen-bond acceptors (Lipinski definition) is 3. The zero-order valence-corrected chi connectivity index (χ0v) is 8.04. The Kier molecular flexibility index (Phi) is 3.60. The van der Waals surface area contributed by atoms with Gasteiger partial charge in [0.15, 0.2) is 5.78 Å². The molecule has 0 aliphatic carbocycles. The van der Waals surface area contributed by atoms with Crippen LogP contribution in [0.3, 0.4) is 0 Å². The second-order valence-corrected chi connectivity index (χ2v) is 2.83. The van der Waals surface area contributed by atoms with Crippen molar-refractivity contribution >= 4 is 5.78 Å². The Morgan fingerprint density at radius 1 is 1.53 bits per heavy atom. The summed E-state index contributed by atoms with van der Waals surface area (Å²) in [4.78, 5) is 11.2. The third-order valence-electron chi connectivity index (χ3n) is 1.82. The summed E-state index contributed by atoms with van der Waals surface area (Å²) in [6, 6.07) is 3.47. The lowest BCUT2D eigenvalue weighted by atomic mass is 10.1. The molecular formula is C10H10F2O3. The molecule has 0 unspecified atom stereocenters. The maximum absolute atomic E-state index is 11.8. The minimum atomic E-state index is -2.95. The molecular weight excluding hydrogens is 206 g/mol. The minimum absolute atomic E-state index is 0.110. The standard InChI is InChI=1S/C10H10F2O3/c1-2-8(13)7-4-3-6(5-9(7)14)15-10(11)12/h3-5,10,14H,2H2,1H3. The first-order valence-corrected chi connectivity index (χ1v) is 4.35. The van der Waals surface area contributed by atoms with Gasteiger partial charge in [0, 0.05) is 12.5 Å². The normalized spacial score (nSPS) is 10.4. The van der Waals surface area contributed by atoms with Gasteiger partial charge >= 0.3 is 6.61 Å². The third kappa shape index (κ3) is 2.90. The van der Waals surface area contributed by atoms with E-state index in [9.17, 15) is 18.7 Å². The van der Waals surface area contributed by atoms with Crippen molar-refractivity contribution in [3.8, 4) is 11.5 Å². The number of alkyl halides is 2. The molecule has 1 rings (SSSR count). The van der Waals surface area contributed by atoms with Gasteiger partial charge in [-0.2, -0.15) is 8.78 Å². The first kappa shape index (κ1) is 11.4. The molecule has 0 saturated carbocycles. The van der Waals surface area contributed by atoms with Crippen LogP contribution in [0.5, 0.6) is 11.5 Å². The molecule has 0 aliphatic rings. The Bertz CT molecular complexity index is 364. The van der Waals surface area contributed by atoms with Crippen molar-refractivity contribution < 1.29 is 23.4 Å². The van der Waals surface area contributed by atoms with Crippen molar-refractivity contribution in [2.75, 3.05) is 0 Å². The number of carbonyl (C=O) groups excluding carboxylic acids is 1. The summed E-state index contributed by atoms with van der Waals surface area (Å²) >= 11 is 0. The zero-order chi connectivity index (χ0) is 11.4. The Morgan fingerprint density at radius 3 is 2.67 bits per heavy atom. The Hall–Kier alpha value is -1.65. The number of carbonyl (C=O) groups is 1. The molecule has 1 N–H and O–H groups in total. The van der Waals surface area contributed by atoms with Crippen molar-refractivity contribution in [2.45, 2.75) is 20.0 Å². The average molecular weight is 216 g/mol. The van der Waals surface area contributed by atoms with Gasteiger partial charge in [-0.25, -0.2) is 0 Å². The van der Waals surface area contributed by atoms with E-state index in [1.54, 1.807) is 6.92 Å². The van der Waals surface area contributed by atoms with E-state index < -0.39 is 6.61 Å². The van der Waals surface area contributed by atoms with Gasteiger partial charge in [0.05, 0.1) is 5.56 Å². The van der Waals surface area contributed by atoms with E-state index in [0.29, 0.717) is 0 Å². The molecule has 82 valence electrons. The highest BCUT2D eigenvalue weighted by atomic mass is 19.3. The van der Waals surface area contributed by atoms with Gasteiger partial charge in [0.2, 0.25) is 0 Å². The van der Waals surface area contributed by atoms with Gasteiger partial charge in [0.1, 0.15) is 11.5 Å². The fourth-order valence-electron chi connectivity index (χ4n) is 1.11. The molecule has 3 nitrogen and oxygen atoms in total. The molecule has 0 aromatic heterocycles. The fourth-order valence-corrected chi connectivity index (χ4v) is 1.11. The number of ketones is 1. The van der Waals surface area contributed by atoms with Crippen LogP contribution in [-0.4, -0.2) is 17.5 Å². The van der Waals surface area contributed by atoms with Crippen LogP contribution in [-0.2, 0) is 0 Å². The van der Waals surface area contributed by atoms with Gasteiger partial charge in [-0.1, -0.05) is 6.92 Å². The third-order valence-corrected chi connectivity index (χ3v) is 1.82. The minimum Gasteiger partial charge on any atom is -0.507 e. The zero-order valence-electron chi connectivity index (χ0n) is 8.04. The number of benzene rings is 1. The van der Waals surface area contributed by atoms with Crippen LogP contribution < -0.4 is 4.74 Å². The SMILES string of the molecule is CCC(=O)c1ccc(OC(F)F)cc1O. The topological polar surface area (TPSA) is 46.5 Å². The Balaban J connectivity index is 2.93. The molecule has 0 saturated heterocycles. The van der Waals surface area contributed by atoms with Crippen LogP contribution in [0, 0.1) is 0 Å². The van der Waals surface area contributed by atoms with Crippen LogP contribution in [0.1, 0.15) is 23.7 Å². The largest absolute Gasteiger partial charge is 0.507 e. The molecule has 1 aromatic rings. The van der Waals surface area contributed by atoms with E-state index in [1.165, 1.54) is 12.1 Å². The predicted molar refractivity (Wildman–Crippen MR) is 49.4 cm³/mol. The van der Waals surface area contributed by atoms with Crippen LogP contribution in [0.2, 0.25) is 0 Å². The highest BCUT2D eigenvalue weighted by molar-refractivity contribution is 5.98. The van der Waals surface area contributed by atoms with Gasteiger partial charge in [-0.15, -0.1) is 0 Å². The lowest BCUT2D eigenvalue weighted by Crippen LogP contribution is -2.03. The van der Waals surface area contributed by atoms with Gasteiger partial charge < -0.3 is 9.84 Å². The van der Waals surface area contributed by atoms with Crippen LogP contribution in [0.25, 0.3) is 0 Å². The molecule has 0 radical (unpaired) electrons. The maximum Gasteiger partial charge on any atom is 0.387 e. The van der Waals surface area contributed by atoms with Crippen LogP contribution in [0.15, 0.2) is 18.2 Å². The second kappa shape index (κ2) is 4.72. The van der Waals surface area contributed by atoms with Crippen molar-refractivity contribution in [1.82, 2.24) is 0 Å². The number of hydrogen-bond donors (Lipinski definition) is 1. The number of ether oxygens (including phenoxy) is 1. The molecule has 0 atom stereocenters. The molecule has 5 heteroatoms. The van der Waals surface area contributed by atoms with Crippen LogP contribution in [0.4, 0.5) is 8.78 Å². The quantitative estimate of drug-likeness (QED) is 0.787. The summed E-state index contributed by atoms with van der Waals surface area (Å²) in [6.45, 7) is -1.30. The highest BCUT2D eigenvalue weighted by Crippen LogP contribution is 2.25. The van der Waals surface area contributed by atoms with Crippen molar-refractivity contribution in [3.05, 3.63) is 23.8 Å². The van der Waals surface area contributed by atoms with E-state index >= 15 is 0 Å². The summed E-state index contributed by atoms with van der Waals surface area (Å²) < 4.78 is 27.7.